The predicted molar refractivity (Wildman–Crippen MR) is 147 cm³/mol. The highest BCUT2D eigenvalue weighted by Gasteiger charge is 2.20. The van der Waals surface area contributed by atoms with Gasteiger partial charge in [-0.25, -0.2) is 4.98 Å². The van der Waals surface area contributed by atoms with Crippen LogP contribution < -0.4 is 5.32 Å². The first kappa shape index (κ1) is 24.1. The van der Waals surface area contributed by atoms with Crippen LogP contribution in [0.1, 0.15) is 72.5 Å². The molecule has 0 amide bonds. The lowest BCUT2D eigenvalue weighted by Crippen LogP contribution is -2.21. The van der Waals surface area contributed by atoms with Crippen LogP contribution in [0, 0.1) is 18.3 Å². The summed E-state index contributed by atoms with van der Waals surface area (Å²) in [6, 6.07) is 27.9. The Balaban J connectivity index is 1.35. The van der Waals surface area contributed by atoms with Gasteiger partial charge in [-0.1, -0.05) is 79.9 Å². The minimum atomic E-state index is -0.278. The summed E-state index contributed by atoms with van der Waals surface area (Å²) in [7, 11) is 0. The Labute approximate surface area is 215 Å². The summed E-state index contributed by atoms with van der Waals surface area (Å²) in [4.78, 5) is 4.96. The molecule has 0 spiro atoms. The normalized spacial score (nSPS) is 15.0. The van der Waals surface area contributed by atoms with Gasteiger partial charge in [-0.3, -0.25) is 4.40 Å². The number of nitriles is 1. The number of fused-ring (bicyclic) bond motifs is 1. The zero-order chi connectivity index (χ0) is 24.7. The van der Waals surface area contributed by atoms with Crippen LogP contribution in [0.2, 0.25) is 0 Å². The van der Waals surface area contributed by atoms with Crippen molar-refractivity contribution in [3.05, 3.63) is 101 Å². The van der Waals surface area contributed by atoms with Crippen molar-refractivity contribution in [2.24, 2.45) is 0 Å². The number of aromatic nitrogens is 2. The number of nitrogens with zero attached hydrogens (tertiary/aromatic N) is 3. The smallest absolute Gasteiger partial charge is 0.138 e. The second-order valence-corrected chi connectivity index (χ2v) is 10.2. The maximum atomic E-state index is 10.1. The van der Waals surface area contributed by atoms with E-state index in [1.165, 1.54) is 48.8 Å². The Morgan fingerprint density at radius 2 is 1.69 bits per heavy atom. The molecule has 36 heavy (non-hydrogen) atoms. The number of imidazole rings is 1. The van der Waals surface area contributed by atoms with E-state index >= 15 is 0 Å². The molecule has 2 aromatic carbocycles. The highest BCUT2D eigenvalue weighted by molar-refractivity contribution is 5.57. The van der Waals surface area contributed by atoms with Gasteiger partial charge in [0.25, 0.3) is 0 Å². The van der Waals surface area contributed by atoms with Gasteiger partial charge in [-0.15, -0.1) is 0 Å². The Morgan fingerprint density at radius 3 is 2.50 bits per heavy atom. The van der Waals surface area contributed by atoms with Crippen LogP contribution in [0.5, 0.6) is 0 Å². The maximum absolute atomic E-state index is 10.1. The number of hydrogen-bond donors (Lipinski definition) is 1. The fourth-order valence-corrected chi connectivity index (χ4v) is 5.74. The number of aryl methyl sites for hydroxylation is 4. The van der Waals surface area contributed by atoms with Crippen LogP contribution in [0.25, 0.3) is 5.65 Å². The highest BCUT2D eigenvalue weighted by atomic mass is 15.2. The van der Waals surface area contributed by atoms with Crippen LogP contribution in [0.15, 0.2) is 72.8 Å². The van der Waals surface area contributed by atoms with Crippen molar-refractivity contribution < 1.29 is 0 Å². The minimum absolute atomic E-state index is 0.278. The van der Waals surface area contributed by atoms with Crippen molar-refractivity contribution in [2.45, 2.75) is 76.7 Å². The Morgan fingerprint density at radius 1 is 0.917 bits per heavy atom. The third kappa shape index (κ3) is 5.46. The quantitative estimate of drug-likeness (QED) is 0.274. The summed E-state index contributed by atoms with van der Waals surface area (Å²) in [5.74, 6) is 1.64. The van der Waals surface area contributed by atoms with Gasteiger partial charge in [0.2, 0.25) is 0 Å². The second kappa shape index (κ2) is 11.4. The second-order valence-electron chi connectivity index (χ2n) is 10.2. The van der Waals surface area contributed by atoms with Gasteiger partial charge >= 0.3 is 0 Å². The lowest BCUT2D eigenvalue weighted by Gasteiger charge is -2.25. The third-order valence-corrected chi connectivity index (χ3v) is 7.67. The third-order valence-electron chi connectivity index (χ3n) is 7.67. The maximum Gasteiger partial charge on any atom is 0.138 e. The van der Waals surface area contributed by atoms with E-state index in [1.54, 1.807) is 0 Å². The van der Waals surface area contributed by atoms with Crippen LogP contribution in [0.4, 0.5) is 5.82 Å². The Hall–Kier alpha value is -3.58. The zero-order valence-corrected chi connectivity index (χ0v) is 21.3. The van der Waals surface area contributed by atoms with Crippen molar-refractivity contribution >= 4 is 11.5 Å². The van der Waals surface area contributed by atoms with Gasteiger partial charge in [0.05, 0.1) is 11.8 Å². The zero-order valence-electron chi connectivity index (χ0n) is 21.3. The van der Waals surface area contributed by atoms with E-state index in [2.05, 4.69) is 83.4 Å². The van der Waals surface area contributed by atoms with E-state index in [0.717, 1.165) is 48.5 Å². The lowest BCUT2D eigenvalue weighted by molar-refractivity contribution is 0.441. The molecule has 184 valence electrons. The summed E-state index contributed by atoms with van der Waals surface area (Å²) in [6.07, 6.45) is 10.1. The van der Waals surface area contributed by atoms with Gasteiger partial charge in [-0.2, -0.15) is 5.26 Å². The van der Waals surface area contributed by atoms with Crippen molar-refractivity contribution in [3.63, 3.8) is 0 Å². The molecule has 1 saturated carbocycles. The average molecular weight is 477 g/mol. The molecule has 0 bridgehead atoms. The van der Waals surface area contributed by atoms with Crippen LogP contribution >= 0.6 is 0 Å². The lowest BCUT2D eigenvalue weighted by atomic mass is 9.81. The topological polar surface area (TPSA) is 53.1 Å². The van der Waals surface area contributed by atoms with Gasteiger partial charge < -0.3 is 5.32 Å². The molecule has 0 aliphatic heterocycles. The number of hydrogen-bond acceptors (Lipinski definition) is 3. The molecule has 4 aromatic rings. The number of pyridine rings is 1. The van der Waals surface area contributed by atoms with Crippen LogP contribution in [0.3, 0.4) is 0 Å². The Kier molecular flexibility index (Phi) is 7.67. The van der Waals surface area contributed by atoms with Gasteiger partial charge in [0.15, 0.2) is 0 Å². The van der Waals surface area contributed by atoms with Crippen molar-refractivity contribution in [3.8, 4) is 6.07 Å². The van der Waals surface area contributed by atoms with E-state index in [1.807, 2.05) is 12.1 Å². The molecule has 2 heterocycles. The summed E-state index contributed by atoms with van der Waals surface area (Å²) in [6.45, 7) is 2.10. The van der Waals surface area contributed by atoms with Crippen LogP contribution in [-0.4, -0.2) is 15.4 Å². The molecule has 1 atom stereocenters. The molecule has 0 saturated heterocycles. The number of benzene rings is 2. The van der Waals surface area contributed by atoms with E-state index in [0.29, 0.717) is 5.92 Å². The largest absolute Gasteiger partial charge is 0.354 e. The fraction of sp³-hybridized carbons (Fsp3) is 0.375. The van der Waals surface area contributed by atoms with E-state index in [4.69, 9.17) is 4.98 Å². The van der Waals surface area contributed by atoms with E-state index < -0.39 is 0 Å². The standard InChI is InChI=1S/C32H36N4/c1-24-11-10-18-31-35-30(22-19-25-12-4-2-5-13-25)32(36(24)31)34-28(23-33)21-20-27-16-8-9-17-29(27)26-14-6-3-7-15-26/h2,4-5,8-13,16-18,26,28,34H,3,6-7,14-15,19-22H2,1H3. The molecular weight excluding hydrogens is 440 g/mol. The summed E-state index contributed by atoms with van der Waals surface area (Å²) < 4.78 is 2.17. The van der Waals surface area contributed by atoms with Crippen molar-refractivity contribution in [2.75, 3.05) is 5.32 Å². The monoisotopic (exact) mass is 476 g/mol. The highest BCUT2D eigenvalue weighted by Crippen LogP contribution is 2.35. The summed E-state index contributed by atoms with van der Waals surface area (Å²) in [5.41, 5.74) is 7.28. The first-order chi connectivity index (χ1) is 17.7. The van der Waals surface area contributed by atoms with Crippen LogP contribution in [-0.2, 0) is 19.3 Å². The van der Waals surface area contributed by atoms with Gasteiger partial charge in [0, 0.05) is 5.69 Å². The molecule has 1 aliphatic carbocycles. The SMILES string of the molecule is Cc1cccc2nc(CCc3ccccc3)c(NC(C#N)CCc3ccccc3C3CCCCC3)n12. The summed E-state index contributed by atoms with van der Waals surface area (Å²) >= 11 is 0. The number of anilines is 1. The molecule has 2 aromatic heterocycles. The molecule has 0 radical (unpaired) electrons. The van der Waals surface area contributed by atoms with Gasteiger partial charge in [0.1, 0.15) is 17.5 Å². The van der Waals surface area contributed by atoms with E-state index in [9.17, 15) is 5.26 Å². The summed E-state index contributed by atoms with van der Waals surface area (Å²) in [5, 5.41) is 13.7. The number of nitrogens with one attached hydrogen (secondary N) is 1. The fourth-order valence-electron chi connectivity index (χ4n) is 5.74. The molecule has 1 N–H and O–H groups in total. The Bertz CT molecular complexity index is 1330. The van der Waals surface area contributed by atoms with Gasteiger partial charge in [-0.05, 0) is 80.2 Å². The molecule has 5 rings (SSSR count). The van der Waals surface area contributed by atoms with Crippen molar-refractivity contribution in [1.29, 1.82) is 5.26 Å². The minimum Gasteiger partial charge on any atom is -0.354 e. The number of rotatable bonds is 9. The molecule has 1 fully saturated rings. The predicted octanol–water partition coefficient (Wildman–Crippen LogP) is 7.41. The van der Waals surface area contributed by atoms with Crippen molar-refractivity contribution in [1.82, 2.24) is 9.38 Å². The molecular formula is C32H36N4. The molecule has 4 heteroatoms. The molecule has 1 aliphatic rings. The average Bonchev–Trinajstić information content (AvgIpc) is 3.29. The van der Waals surface area contributed by atoms with E-state index in [-0.39, 0.29) is 6.04 Å². The first-order valence-corrected chi connectivity index (χ1v) is 13.5. The molecule has 1 unspecified atom stereocenters. The first-order valence-electron chi connectivity index (χ1n) is 13.5. The molecule has 4 nitrogen and oxygen atoms in total.